The average Bonchev–Trinajstić information content (AvgIpc) is 1.93. The van der Waals surface area contributed by atoms with E-state index in [1.165, 1.54) is 25.9 Å². The van der Waals surface area contributed by atoms with Crippen LogP contribution in [0.4, 0.5) is 0 Å². The Hall–Kier alpha value is 0.270. The van der Waals surface area contributed by atoms with Gasteiger partial charge in [-0.25, -0.2) is 0 Å². The molecule has 1 aliphatic rings. The highest BCUT2D eigenvalue weighted by Crippen LogP contribution is 2.17. The molecule has 0 aromatic rings. The molecule has 0 saturated carbocycles. The number of likely N-dealkylation sites (tertiary alicyclic amines) is 1. The first-order chi connectivity index (χ1) is 5.18. The van der Waals surface area contributed by atoms with Crippen molar-refractivity contribution in [3.63, 3.8) is 0 Å². The molecule has 2 nitrogen and oxygen atoms in total. The molecule has 1 unspecified atom stereocenters. The summed E-state index contributed by atoms with van der Waals surface area (Å²) in [6.45, 7) is 2.36. The lowest BCUT2D eigenvalue weighted by Gasteiger charge is -2.28. The van der Waals surface area contributed by atoms with Crippen molar-refractivity contribution in [3.8, 4) is 0 Å². The van der Waals surface area contributed by atoms with Crippen LogP contribution in [0.5, 0.6) is 0 Å². The first kappa shape index (κ1) is 9.36. The van der Waals surface area contributed by atoms with Crippen molar-refractivity contribution in [2.75, 3.05) is 32.1 Å². The highest BCUT2D eigenvalue weighted by atomic mass is 32.2. The van der Waals surface area contributed by atoms with Crippen LogP contribution in [-0.2, 0) is 11.2 Å². The summed E-state index contributed by atoms with van der Waals surface area (Å²) < 4.78 is 10.9. The maximum atomic E-state index is 10.9. The lowest BCUT2D eigenvalue weighted by Crippen LogP contribution is -2.32. The van der Waals surface area contributed by atoms with Gasteiger partial charge in [0.2, 0.25) is 0 Å². The van der Waals surface area contributed by atoms with Gasteiger partial charge in [-0.2, -0.15) is 0 Å². The number of hydrogen-bond donors (Lipinski definition) is 0. The van der Waals surface area contributed by atoms with Crippen molar-refractivity contribution in [1.29, 1.82) is 0 Å². The fourth-order valence-electron chi connectivity index (χ4n) is 1.56. The minimum atomic E-state index is -0.593. The zero-order valence-electron chi connectivity index (χ0n) is 7.38. The van der Waals surface area contributed by atoms with Crippen LogP contribution in [-0.4, -0.2) is 41.6 Å². The standard InChI is InChI=1S/C8H17NOS/c1-9-5-3-8(4-6-9)7-11(2)10/h8H,3-7H2,1-2H3. The van der Waals surface area contributed by atoms with E-state index in [0.717, 1.165) is 11.7 Å². The van der Waals surface area contributed by atoms with Gasteiger partial charge in [0.1, 0.15) is 5.75 Å². The molecule has 1 saturated heterocycles. The number of rotatable bonds is 2. The van der Waals surface area contributed by atoms with Crippen LogP contribution in [0.15, 0.2) is 0 Å². The van der Waals surface area contributed by atoms with Gasteiger partial charge in [0.05, 0.1) is 6.26 Å². The van der Waals surface area contributed by atoms with E-state index in [-0.39, 0.29) is 0 Å². The van der Waals surface area contributed by atoms with Crippen molar-refractivity contribution < 1.29 is 4.55 Å². The Kier molecular flexibility index (Phi) is 3.69. The topological polar surface area (TPSA) is 26.3 Å². The molecule has 0 bridgehead atoms. The molecular formula is C8H17NOS. The van der Waals surface area contributed by atoms with Crippen LogP contribution in [0.1, 0.15) is 12.8 Å². The summed E-state index contributed by atoms with van der Waals surface area (Å²) in [5, 5.41) is 0. The zero-order valence-corrected chi connectivity index (χ0v) is 8.19. The van der Waals surface area contributed by atoms with Crippen molar-refractivity contribution in [1.82, 2.24) is 4.90 Å². The maximum Gasteiger partial charge on any atom is 0.108 e. The Morgan fingerprint density at radius 1 is 1.45 bits per heavy atom. The second-order valence-electron chi connectivity index (χ2n) is 3.49. The van der Waals surface area contributed by atoms with Gasteiger partial charge >= 0.3 is 0 Å². The Bertz CT molecular complexity index is 111. The molecule has 1 rings (SSSR count). The van der Waals surface area contributed by atoms with E-state index in [1.807, 2.05) is 0 Å². The molecule has 0 aromatic heterocycles. The monoisotopic (exact) mass is 175 g/mol. The molecule has 0 radical (unpaired) electrons. The van der Waals surface area contributed by atoms with E-state index in [4.69, 9.17) is 0 Å². The molecule has 3 heteroatoms. The van der Waals surface area contributed by atoms with Gasteiger partial charge in [0.25, 0.3) is 0 Å². The molecule has 1 fully saturated rings. The largest absolute Gasteiger partial charge is 0.617 e. The van der Waals surface area contributed by atoms with Gasteiger partial charge in [-0.1, -0.05) is 11.2 Å². The fraction of sp³-hybridized carbons (Fsp3) is 1.00. The van der Waals surface area contributed by atoms with Crippen LogP contribution in [0.2, 0.25) is 0 Å². The second kappa shape index (κ2) is 4.33. The average molecular weight is 175 g/mol. The predicted molar refractivity (Wildman–Crippen MR) is 49.2 cm³/mol. The quantitative estimate of drug-likeness (QED) is 0.578. The first-order valence-corrected chi connectivity index (χ1v) is 5.90. The van der Waals surface area contributed by atoms with Crippen LogP contribution in [0.25, 0.3) is 0 Å². The van der Waals surface area contributed by atoms with E-state index in [0.29, 0.717) is 0 Å². The lowest BCUT2D eigenvalue weighted by molar-refractivity contribution is 0.231. The highest BCUT2D eigenvalue weighted by Gasteiger charge is 2.19. The van der Waals surface area contributed by atoms with Crippen molar-refractivity contribution >= 4 is 11.2 Å². The maximum absolute atomic E-state index is 10.9. The molecule has 1 aliphatic heterocycles. The number of piperidine rings is 1. The summed E-state index contributed by atoms with van der Waals surface area (Å²) in [6, 6.07) is 0. The molecule has 1 heterocycles. The van der Waals surface area contributed by atoms with Gasteiger partial charge in [0, 0.05) is 5.92 Å². The molecular weight excluding hydrogens is 158 g/mol. The number of nitrogens with zero attached hydrogens (tertiary/aromatic N) is 1. The van der Waals surface area contributed by atoms with Crippen LogP contribution >= 0.6 is 0 Å². The van der Waals surface area contributed by atoms with E-state index in [1.54, 1.807) is 6.26 Å². The van der Waals surface area contributed by atoms with Gasteiger partial charge in [-0.3, -0.25) is 0 Å². The third-order valence-corrected chi connectivity index (χ3v) is 3.25. The van der Waals surface area contributed by atoms with Gasteiger partial charge < -0.3 is 9.45 Å². The number of hydrogen-bond acceptors (Lipinski definition) is 2. The molecule has 0 aliphatic carbocycles. The Morgan fingerprint density at radius 3 is 2.45 bits per heavy atom. The first-order valence-electron chi connectivity index (χ1n) is 4.17. The van der Waals surface area contributed by atoms with Crippen LogP contribution < -0.4 is 0 Å². The van der Waals surface area contributed by atoms with Gasteiger partial charge in [0.15, 0.2) is 0 Å². The fourth-order valence-corrected chi connectivity index (χ4v) is 2.56. The summed E-state index contributed by atoms with van der Waals surface area (Å²) in [4.78, 5) is 2.34. The molecule has 0 aromatic carbocycles. The minimum Gasteiger partial charge on any atom is -0.617 e. The molecule has 1 atom stereocenters. The Morgan fingerprint density at radius 2 is 2.00 bits per heavy atom. The van der Waals surface area contributed by atoms with E-state index < -0.39 is 11.2 Å². The Labute approximate surface area is 72.1 Å². The van der Waals surface area contributed by atoms with Crippen LogP contribution in [0, 0.1) is 5.92 Å². The van der Waals surface area contributed by atoms with Gasteiger partial charge in [-0.05, 0) is 33.0 Å². The van der Waals surface area contributed by atoms with E-state index in [2.05, 4.69) is 11.9 Å². The second-order valence-corrected chi connectivity index (χ2v) is 4.97. The SMILES string of the molecule is CN1CCC(C[S+](C)[O-])CC1. The summed E-state index contributed by atoms with van der Waals surface area (Å²) in [6.07, 6.45) is 4.27. The highest BCUT2D eigenvalue weighted by molar-refractivity contribution is 7.90. The summed E-state index contributed by atoms with van der Waals surface area (Å²) >= 11 is -0.593. The predicted octanol–water partition coefficient (Wildman–Crippen LogP) is 0.707. The summed E-state index contributed by atoms with van der Waals surface area (Å²) in [5.74, 6) is 1.63. The summed E-state index contributed by atoms with van der Waals surface area (Å²) in [7, 11) is 2.15. The molecule has 11 heavy (non-hydrogen) atoms. The molecule has 66 valence electrons. The molecule has 0 spiro atoms. The van der Waals surface area contributed by atoms with Gasteiger partial charge in [-0.15, -0.1) is 0 Å². The third-order valence-electron chi connectivity index (χ3n) is 2.31. The molecule has 0 amide bonds. The van der Waals surface area contributed by atoms with E-state index >= 15 is 0 Å². The lowest BCUT2D eigenvalue weighted by atomic mass is 10.00. The smallest absolute Gasteiger partial charge is 0.108 e. The van der Waals surface area contributed by atoms with E-state index in [9.17, 15) is 4.55 Å². The van der Waals surface area contributed by atoms with Crippen molar-refractivity contribution in [2.24, 2.45) is 5.92 Å². The zero-order chi connectivity index (χ0) is 8.27. The minimum absolute atomic E-state index is 0.593. The normalized spacial score (nSPS) is 25.4. The third kappa shape index (κ3) is 3.45. The van der Waals surface area contributed by atoms with Crippen LogP contribution in [0.3, 0.4) is 0 Å². The van der Waals surface area contributed by atoms with Crippen molar-refractivity contribution in [3.05, 3.63) is 0 Å². The van der Waals surface area contributed by atoms with Crippen molar-refractivity contribution in [2.45, 2.75) is 12.8 Å². The Balaban J connectivity index is 2.17. The molecule has 0 N–H and O–H groups in total. The summed E-state index contributed by atoms with van der Waals surface area (Å²) in [5.41, 5.74) is 0.